The molecule has 11 nitrogen and oxygen atoms in total. The van der Waals surface area contributed by atoms with E-state index in [1.807, 2.05) is 49.4 Å². The molecular weight excluding hydrogens is 486 g/mol. The first kappa shape index (κ1) is 24.0. The summed E-state index contributed by atoms with van der Waals surface area (Å²) in [4.78, 5) is 29.6. The van der Waals surface area contributed by atoms with Crippen LogP contribution in [0.3, 0.4) is 0 Å². The molecule has 0 radical (unpaired) electrons. The molecule has 38 heavy (non-hydrogen) atoms. The van der Waals surface area contributed by atoms with Crippen LogP contribution in [0.5, 0.6) is 0 Å². The third-order valence-corrected chi connectivity index (χ3v) is 6.95. The van der Waals surface area contributed by atoms with Gasteiger partial charge < -0.3 is 30.6 Å². The summed E-state index contributed by atoms with van der Waals surface area (Å²) < 4.78 is 7.64. The van der Waals surface area contributed by atoms with E-state index in [9.17, 15) is 15.0 Å². The lowest BCUT2D eigenvalue weighted by molar-refractivity contribution is -0.0440. The van der Waals surface area contributed by atoms with Crippen LogP contribution in [0, 0.1) is 0 Å². The van der Waals surface area contributed by atoms with Gasteiger partial charge in [-0.2, -0.15) is 0 Å². The van der Waals surface area contributed by atoms with E-state index >= 15 is 0 Å². The van der Waals surface area contributed by atoms with E-state index in [0.717, 1.165) is 16.5 Å². The number of H-pyrrole nitrogens is 1. The standard InChI is InChI=1S/C27H27N7O4/c1-15(16-5-3-2-4-6-16)32-24-22-25(30-13-29-24)34(14-31-22)27-21(23(36)20(12-35)38-27)33-26(37)18-7-8-19-17(11-18)9-10-28-19/h2-11,13-15,20-21,23,27-28,35-36H,12H2,1H3,(H,33,37)(H,29,30,32)/t15-,20-,21-,23-,27-/m1/s1. The second-order valence-corrected chi connectivity index (χ2v) is 9.34. The van der Waals surface area contributed by atoms with Crippen LogP contribution in [0.2, 0.25) is 0 Å². The number of benzene rings is 2. The smallest absolute Gasteiger partial charge is 0.251 e. The van der Waals surface area contributed by atoms with Gasteiger partial charge in [-0.25, -0.2) is 15.0 Å². The number of fused-ring (bicyclic) bond motifs is 2. The van der Waals surface area contributed by atoms with Crippen LogP contribution in [-0.2, 0) is 4.74 Å². The first-order valence-corrected chi connectivity index (χ1v) is 12.3. The number of aliphatic hydroxyl groups is 2. The molecule has 0 bridgehead atoms. The zero-order chi connectivity index (χ0) is 26.2. The fourth-order valence-electron chi connectivity index (χ4n) is 4.89. The van der Waals surface area contributed by atoms with Gasteiger partial charge in [-0.3, -0.25) is 9.36 Å². The molecule has 194 valence electrons. The molecule has 1 amide bonds. The number of anilines is 1. The number of imidazole rings is 1. The average molecular weight is 514 g/mol. The van der Waals surface area contributed by atoms with Crippen LogP contribution in [0.4, 0.5) is 5.82 Å². The Morgan fingerprint density at radius 2 is 2.00 bits per heavy atom. The Bertz CT molecular complexity index is 1580. The van der Waals surface area contributed by atoms with Crippen LogP contribution >= 0.6 is 0 Å². The van der Waals surface area contributed by atoms with Crippen molar-refractivity contribution in [2.45, 2.75) is 37.4 Å². The number of hydrogen-bond acceptors (Lipinski definition) is 8. The molecule has 4 heterocycles. The molecule has 5 atom stereocenters. The van der Waals surface area contributed by atoms with Crippen LogP contribution in [0.1, 0.15) is 35.1 Å². The minimum Gasteiger partial charge on any atom is -0.394 e. The summed E-state index contributed by atoms with van der Waals surface area (Å²) >= 11 is 0. The first-order chi connectivity index (χ1) is 18.5. The minimum atomic E-state index is -1.15. The molecule has 1 saturated heterocycles. The molecule has 0 spiro atoms. The normalized spacial score (nSPS) is 22.1. The van der Waals surface area contributed by atoms with Crippen molar-refractivity contribution >= 4 is 33.8 Å². The topological polar surface area (TPSA) is 150 Å². The summed E-state index contributed by atoms with van der Waals surface area (Å²) in [5.41, 5.74) is 3.43. The molecule has 3 aromatic heterocycles. The number of hydrogen-bond donors (Lipinski definition) is 5. The zero-order valence-electron chi connectivity index (χ0n) is 20.5. The number of rotatable bonds is 7. The van der Waals surface area contributed by atoms with E-state index in [2.05, 4.69) is 30.6 Å². The van der Waals surface area contributed by atoms with Crippen LogP contribution in [0.15, 0.2) is 73.4 Å². The van der Waals surface area contributed by atoms with Crippen molar-refractivity contribution in [1.29, 1.82) is 0 Å². The lowest BCUT2D eigenvalue weighted by Crippen LogP contribution is -2.46. The number of aromatic amines is 1. The summed E-state index contributed by atoms with van der Waals surface area (Å²) in [7, 11) is 0. The largest absolute Gasteiger partial charge is 0.394 e. The molecule has 0 saturated carbocycles. The third-order valence-electron chi connectivity index (χ3n) is 6.95. The molecule has 5 N–H and O–H groups in total. The predicted octanol–water partition coefficient (Wildman–Crippen LogP) is 2.53. The predicted molar refractivity (Wildman–Crippen MR) is 140 cm³/mol. The highest BCUT2D eigenvalue weighted by molar-refractivity contribution is 5.98. The van der Waals surface area contributed by atoms with Crippen molar-refractivity contribution in [3.63, 3.8) is 0 Å². The fraction of sp³-hybridized carbons (Fsp3) is 0.259. The van der Waals surface area contributed by atoms with Crippen molar-refractivity contribution < 1.29 is 19.7 Å². The first-order valence-electron chi connectivity index (χ1n) is 12.3. The van der Waals surface area contributed by atoms with Gasteiger partial charge in [0.25, 0.3) is 5.91 Å². The fourth-order valence-corrected chi connectivity index (χ4v) is 4.89. The maximum Gasteiger partial charge on any atom is 0.251 e. The van der Waals surface area contributed by atoms with Crippen molar-refractivity contribution in [1.82, 2.24) is 29.8 Å². The highest BCUT2D eigenvalue weighted by Gasteiger charge is 2.46. The monoisotopic (exact) mass is 513 g/mol. The second-order valence-electron chi connectivity index (χ2n) is 9.34. The van der Waals surface area contributed by atoms with Crippen LogP contribution in [0.25, 0.3) is 22.1 Å². The van der Waals surface area contributed by atoms with Crippen molar-refractivity contribution in [3.05, 3.63) is 84.6 Å². The maximum atomic E-state index is 13.2. The number of ether oxygens (including phenoxy) is 1. The Kier molecular flexibility index (Phi) is 6.24. The number of nitrogens with one attached hydrogen (secondary N) is 3. The third kappa shape index (κ3) is 4.26. The van der Waals surface area contributed by atoms with Crippen molar-refractivity contribution in [2.24, 2.45) is 0 Å². The quantitative estimate of drug-likeness (QED) is 0.223. The molecule has 1 aliphatic rings. The maximum absolute atomic E-state index is 13.2. The van der Waals surface area contributed by atoms with Crippen molar-refractivity contribution in [2.75, 3.05) is 11.9 Å². The van der Waals surface area contributed by atoms with Gasteiger partial charge in [-0.15, -0.1) is 0 Å². The lowest BCUT2D eigenvalue weighted by Gasteiger charge is -2.23. The van der Waals surface area contributed by atoms with E-state index in [4.69, 9.17) is 4.74 Å². The molecule has 0 aliphatic carbocycles. The van der Waals surface area contributed by atoms with E-state index < -0.39 is 31.1 Å². The van der Waals surface area contributed by atoms with Gasteiger partial charge in [0.05, 0.1) is 19.0 Å². The number of aliphatic hydroxyl groups excluding tert-OH is 2. The molecule has 1 fully saturated rings. The van der Waals surface area contributed by atoms with E-state index in [-0.39, 0.29) is 11.9 Å². The van der Waals surface area contributed by atoms with Gasteiger partial charge >= 0.3 is 0 Å². The number of amides is 1. The summed E-state index contributed by atoms with van der Waals surface area (Å²) in [6.07, 6.45) is 1.86. The van der Waals surface area contributed by atoms with E-state index in [1.165, 1.54) is 6.33 Å². The SMILES string of the molecule is C[C@@H](Nc1ncnc2c1ncn2[C@@H]1O[C@H](CO)[C@@H](O)[C@H]1NC(=O)c1ccc2[nH]ccc2c1)c1ccccc1. The van der Waals surface area contributed by atoms with Gasteiger partial charge in [0.1, 0.15) is 24.6 Å². The van der Waals surface area contributed by atoms with Gasteiger partial charge in [0.15, 0.2) is 23.2 Å². The molecular formula is C27H27N7O4. The number of carbonyl (C=O) groups is 1. The Morgan fingerprint density at radius 3 is 2.82 bits per heavy atom. The second kappa shape index (κ2) is 9.86. The number of aromatic nitrogens is 5. The van der Waals surface area contributed by atoms with E-state index in [0.29, 0.717) is 22.5 Å². The summed E-state index contributed by atoms with van der Waals surface area (Å²) in [6, 6.07) is 16.2. The highest BCUT2D eigenvalue weighted by Crippen LogP contribution is 2.33. The summed E-state index contributed by atoms with van der Waals surface area (Å²) in [5.74, 6) is 0.171. The van der Waals surface area contributed by atoms with Gasteiger partial charge in [0.2, 0.25) is 0 Å². The number of nitrogens with zero attached hydrogens (tertiary/aromatic N) is 4. The molecule has 0 unspecified atom stereocenters. The summed E-state index contributed by atoms with van der Waals surface area (Å²) in [5, 5.41) is 27.9. The number of carbonyl (C=O) groups excluding carboxylic acids is 1. The highest BCUT2D eigenvalue weighted by atomic mass is 16.5. The molecule has 1 aliphatic heterocycles. The van der Waals surface area contributed by atoms with Crippen molar-refractivity contribution in [3.8, 4) is 0 Å². The molecule has 5 aromatic rings. The van der Waals surface area contributed by atoms with Crippen LogP contribution in [-0.4, -0.2) is 65.5 Å². The molecule has 11 heteroatoms. The Balaban J connectivity index is 1.30. The summed E-state index contributed by atoms with van der Waals surface area (Å²) in [6.45, 7) is 1.61. The lowest BCUT2D eigenvalue weighted by atomic mass is 10.1. The Hall–Kier alpha value is -4.32. The average Bonchev–Trinajstić information content (AvgIpc) is 3.66. The van der Waals surface area contributed by atoms with Gasteiger partial charge in [-0.05, 0) is 36.8 Å². The minimum absolute atomic E-state index is 0.0350. The van der Waals surface area contributed by atoms with E-state index in [1.54, 1.807) is 29.2 Å². The molecule has 6 rings (SSSR count). The van der Waals surface area contributed by atoms with Crippen LogP contribution < -0.4 is 10.6 Å². The zero-order valence-corrected chi connectivity index (χ0v) is 20.5. The van der Waals surface area contributed by atoms with Gasteiger partial charge in [0, 0.05) is 22.7 Å². The Labute approximate surface area is 217 Å². The van der Waals surface area contributed by atoms with Gasteiger partial charge in [-0.1, -0.05) is 30.3 Å². The molecule has 2 aromatic carbocycles. The Morgan fingerprint density at radius 1 is 1.16 bits per heavy atom.